The van der Waals surface area contributed by atoms with Gasteiger partial charge in [-0.3, -0.25) is 9.59 Å². The molecule has 0 aliphatic rings. The molecular weight excluding hydrogens is 536 g/mol. The molecule has 0 spiro atoms. The summed E-state index contributed by atoms with van der Waals surface area (Å²) in [5.41, 5.74) is 2.68. The number of aromatic nitrogens is 2. The van der Waals surface area contributed by atoms with Gasteiger partial charge >= 0.3 is 0 Å². The highest BCUT2D eigenvalue weighted by atomic mass is 16.8. The number of methoxy groups -OCH3 is 1. The zero-order chi connectivity index (χ0) is 29.5. The molecule has 5 aromatic rings. The van der Waals surface area contributed by atoms with E-state index in [-0.39, 0.29) is 17.1 Å². The van der Waals surface area contributed by atoms with Crippen LogP contribution in [0.25, 0.3) is 22.5 Å². The molecule has 0 saturated heterocycles. The van der Waals surface area contributed by atoms with E-state index in [2.05, 4.69) is 20.6 Å². The highest BCUT2D eigenvalue weighted by Crippen LogP contribution is 2.40. The summed E-state index contributed by atoms with van der Waals surface area (Å²) in [4.78, 5) is 26.6. The van der Waals surface area contributed by atoms with Gasteiger partial charge in [0.15, 0.2) is 5.69 Å². The van der Waals surface area contributed by atoms with Gasteiger partial charge in [0.25, 0.3) is 5.91 Å². The molecular formula is C31H26N6O5. The van der Waals surface area contributed by atoms with E-state index in [1.165, 1.54) is 19.2 Å². The first kappa shape index (κ1) is 28.1. The Morgan fingerprint density at radius 3 is 2.19 bits per heavy atom. The van der Waals surface area contributed by atoms with Gasteiger partial charge in [-0.05, 0) is 18.2 Å². The molecule has 11 nitrogen and oxygen atoms in total. The van der Waals surface area contributed by atoms with E-state index < -0.39 is 23.5 Å². The number of nitrogens with zero attached hydrogens (tertiary/aromatic N) is 4. The minimum atomic E-state index is -1.15. The minimum Gasteiger partial charge on any atom is -0.595 e. The van der Waals surface area contributed by atoms with Crippen molar-refractivity contribution in [3.05, 3.63) is 114 Å². The first-order valence-electron chi connectivity index (χ1n) is 12.9. The highest BCUT2D eigenvalue weighted by Gasteiger charge is 2.26. The molecule has 1 amide bonds. The number of benzene rings is 4. The number of para-hydroxylation sites is 3. The summed E-state index contributed by atoms with van der Waals surface area (Å²) in [6.45, 7) is 0. The molecule has 42 heavy (non-hydrogen) atoms. The van der Waals surface area contributed by atoms with Gasteiger partial charge < -0.3 is 15.3 Å². The summed E-state index contributed by atoms with van der Waals surface area (Å²) < 4.78 is 6.44. The Kier molecular flexibility index (Phi) is 8.54. The van der Waals surface area contributed by atoms with Crippen LogP contribution in [-0.4, -0.2) is 33.9 Å². The van der Waals surface area contributed by atoms with E-state index in [4.69, 9.17) is 4.74 Å². The van der Waals surface area contributed by atoms with Crippen LogP contribution in [0.15, 0.2) is 119 Å². The largest absolute Gasteiger partial charge is 0.595 e. The van der Waals surface area contributed by atoms with Crippen LogP contribution in [0.1, 0.15) is 11.2 Å². The van der Waals surface area contributed by atoms with Crippen molar-refractivity contribution in [2.24, 2.45) is 10.2 Å². The van der Waals surface area contributed by atoms with Gasteiger partial charge in [-0.25, -0.2) is 5.21 Å². The molecule has 5 rings (SSSR count). The summed E-state index contributed by atoms with van der Waals surface area (Å²) in [6, 6.07) is 31.2. The molecule has 0 bridgehead atoms. The molecule has 0 aliphatic heterocycles. The van der Waals surface area contributed by atoms with E-state index in [1.54, 1.807) is 60.7 Å². The number of hydrogen-bond acceptors (Lipinski definition) is 8. The number of carbonyl (C=O) groups is 2. The van der Waals surface area contributed by atoms with Crippen molar-refractivity contribution in [3.8, 4) is 28.3 Å². The maximum atomic E-state index is 13.7. The van der Waals surface area contributed by atoms with Crippen LogP contribution >= 0.6 is 0 Å². The van der Waals surface area contributed by atoms with Gasteiger partial charge in [0.2, 0.25) is 5.91 Å². The molecule has 1 unspecified atom stereocenters. The molecule has 1 atom stereocenters. The van der Waals surface area contributed by atoms with Crippen molar-refractivity contribution in [2.45, 2.75) is 6.42 Å². The van der Waals surface area contributed by atoms with Crippen molar-refractivity contribution >= 4 is 34.6 Å². The average molecular weight is 563 g/mol. The second kappa shape index (κ2) is 12.8. The monoisotopic (exact) mass is 562 g/mol. The standard InChI is InChI=1S/C31H26N6O5/c1-42-26-19-11-9-17-24(26)32-27(38)20-28(39)36-31(22-14-6-3-7-15-22)30(29(35-36)21-12-4-2-5-13-21)34-33-23-16-8-10-18-25(23)37(40)41/h2-19,37,40H,20H2,1H3,(H,32,38). The molecule has 1 aromatic heterocycles. The number of hydrogen-bond donors (Lipinski definition) is 3. The maximum Gasteiger partial charge on any atom is 0.256 e. The number of quaternary nitrogens is 1. The fourth-order valence-electron chi connectivity index (χ4n) is 4.33. The first-order valence-corrected chi connectivity index (χ1v) is 12.9. The Hall–Kier alpha value is -5.49. The molecule has 0 aliphatic carbocycles. The lowest BCUT2D eigenvalue weighted by Crippen LogP contribution is -2.99. The third-order valence-electron chi connectivity index (χ3n) is 6.28. The van der Waals surface area contributed by atoms with Crippen LogP contribution in [0.2, 0.25) is 0 Å². The lowest BCUT2D eigenvalue weighted by molar-refractivity contribution is -0.990. The Labute approximate surface area is 240 Å². The van der Waals surface area contributed by atoms with Crippen LogP contribution in [0, 0.1) is 5.21 Å². The fraction of sp³-hybridized carbons (Fsp3) is 0.0645. The molecule has 1 heterocycles. The SMILES string of the molecule is COc1ccccc1NC(=O)CC(=O)n1nc(-c2ccccc2)c(N=Nc2ccccc2[NH+]([O-])O)c1-c1ccccc1. The highest BCUT2D eigenvalue weighted by molar-refractivity contribution is 6.06. The zero-order valence-corrected chi connectivity index (χ0v) is 22.5. The predicted octanol–water partition coefficient (Wildman–Crippen LogP) is 5.71. The molecule has 0 fully saturated rings. The van der Waals surface area contributed by atoms with Gasteiger partial charge in [0, 0.05) is 17.2 Å². The number of ether oxygens (including phenoxy) is 1. The topological polar surface area (TPSA) is 146 Å². The average Bonchev–Trinajstić information content (AvgIpc) is 3.41. The lowest BCUT2D eigenvalue weighted by Gasteiger charge is -2.12. The van der Waals surface area contributed by atoms with Crippen molar-refractivity contribution in [3.63, 3.8) is 0 Å². The number of rotatable bonds is 9. The smallest absolute Gasteiger partial charge is 0.256 e. The molecule has 0 saturated carbocycles. The Morgan fingerprint density at radius 1 is 0.881 bits per heavy atom. The van der Waals surface area contributed by atoms with Gasteiger partial charge in [-0.2, -0.15) is 15.0 Å². The number of nitrogens with one attached hydrogen (secondary N) is 2. The third kappa shape index (κ3) is 6.13. The summed E-state index contributed by atoms with van der Waals surface area (Å²) in [5, 5.41) is 36.3. The van der Waals surface area contributed by atoms with Gasteiger partial charge in [-0.1, -0.05) is 84.9 Å². The minimum absolute atomic E-state index is 0.0275. The summed E-state index contributed by atoms with van der Waals surface area (Å²) in [6.07, 6.45) is -0.522. The lowest BCUT2D eigenvalue weighted by atomic mass is 10.1. The summed E-state index contributed by atoms with van der Waals surface area (Å²) in [7, 11) is 1.49. The van der Waals surface area contributed by atoms with Crippen LogP contribution in [0.4, 0.5) is 22.7 Å². The quantitative estimate of drug-likeness (QED) is 0.119. The second-order valence-electron chi connectivity index (χ2n) is 9.03. The predicted molar refractivity (Wildman–Crippen MR) is 156 cm³/mol. The Bertz CT molecular complexity index is 1740. The van der Waals surface area contributed by atoms with Crippen molar-refractivity contribution < 1.29 is 24.8 Å². The van der Waals surface area contributed by atoms with Crippen LogP contribution < -0.4 is 15.3 Å². The zero-order valence-electron chi connectivity index (χ0n) is 22.5. The Morgan fingerprint density at radius 2 is 1.50 bits per heavy atom. The van der Waals surface area contributed by atoms with Crippen LogP contribution in [0.3, 0.4) is 0 Å². The van der Waals surface area contributed by atoms with Crippen molar-refractivity contribution in [1.82, 2.24) is 9.78 Å². The molecule has 0 radical (unpaired) electrons. The van der Waals surface area contributed by atoms with Crippen molar-refractivity contribution in [2.75, 3.05) is 12.4 Å². The number of carbonyl (C=O) groups excluding carboxylic acids is 2. The summed E-state index contributed by atoms with van der Waals surface area (Å²) >= 11 is 0. The van der Waals surface area contributed by atoms with E-state index in [0.29, 0.717) is 34.0 Å². The molecule has 210 valence electrons. The maximum absolute atomic E-state index is 13.7. The van der Waals surface area contributed by atoms with Crippen molar-refractivity contribution in [1.29, 1.82) is 0 Å². The molecule has 4 aromatic carbocycles. The third-order valence-corrected chi connectivity index (χ3v) is 6.28. The van der Waals surface area contributed by atoms with E-state index >= 15 is 0 Å². The van der Waals surface area contributed by atoms with Gasteiger partial charge in [0.1, 0.15) is 34.9 Å². The molecule has 11 heteroatoms. The van der Waals surface area contributed by atoms with Gasteiger partial charge in [-0.15, -0.1) is 10.2 Å². The second-order valence-corrected chi connectivity index (χ2v) is 9.03. The normalized spacial score (nSPS) is 11.8. The molecule has 3 N–H and O–H groups in total. The van der Waals surface area contributed by atoms with Crippen LogP contribution in [0.5, 0.6) is 5.75 Å². The fourth-order valence-corrected chi connectivity index (χ4v) is 4.33. The van der Waals surface area contributed by atoms with Gasteiger partial charge in [0.05, 0.1) is 12.8 Å². The van der Waals surface area contributed by atoms with Crippen LogP contribution in [-0.2, 0) is 4.79 Å². The van der Waals surface area contributed by atoms with E-state index in [1.807, 2.05) is 36.4 Å². The van der Waals surface area contributed by atoms with E-state index in [0.717, 1.165) is 4.68 Å². The number of amides is 1. The number of azo groups is 1. The summed E-state index contributed by atoms with van der Waals surface area (Å²) in [5.74, 6) is -0.706. The Balaban J connectivity index is 1.61. The number of anilines is 1. The first-order chi connectivity index (χ1) is 20.5. The van der Waals surface area contributed by atoms with E-state index in [9.17, 15) is 20.0 Å².